The van der Waals surface area contributed by atoms with Gasteiger partial charge in [-0.15, -0.1) is 0 Å². The quantitative estimate of drug-likeness (QED) is 0.540. The number of amides is 2. The van der Waals surface area contributed by atoms with Gasteiger partial charge in [-0.1, -0.05) is 6.07 Å². The van der Waals surface area contributed by atoms with Crippen LogP contribution in [0.2, 0.25) is 0 Å². The van der Waals surface area contributed by atoms with Gasteiger partial charge >= 0.3 is 0 Å². The Bertz CT molecular complexity index is 980. The highest BCUT2D eigenvalue weighted by molar-refractivity contribution is 5.93. The number of ether oxygens (including phenoxy) is 1. The molecule has 3 rings (SSSR count). The van der Waals surface area contributed by atoms with Crippen LogP contribution in [0.1, 0.15) is 0 Å². The summed E-state index contributed by atoms with van der Waals surface area (Å²) in [4.78, 5) is 37.4. The molecule has 1 aromatic heterocycles. The van der Waals surface area contributed by atoms with Crippen molar-refractivity contribution < 1.29 is 23.8 Å². The van der Waals surface area contributed by atoms with Gasteiger partial charge in [-0.2, -0.15) is 0 Å². The van der Waals surface area contributed by atoms with Gasteiger partial charge in [-0.3, -0.25) is 23.9 Å². The summed E-state index contributed by atoms with van der Waals surface area (Å²) < 4.78 is 21.1. The van der Waals surface area contributed by atoms with Gasteiger partial charge < -0.3 is 20.9 Å². The van der Waals surface area contributed by atoms with E-state index in [2.05, 4.69) is 5.32 Å². The van der Waals surface area contributed by atoms with Gasteiger partial charge in [0.05, 0.1) is 43.3 Å². The van der Waals surface area contributed by atoms with E-state index >= 15 is 0 Å². The Hall–Kier alpha value is -3.08. The van der Waals surface area contributed by atoms with Crippen molar-refractivity contribution >= 4 is 17.5 Å². The van der Waals surface area contributed by atoms with Gasteiger partial charge in [0.2, 0.25) is 11.8 Å². The number of nitrogens with zero attached hydrogens (tertiary/aromatic N) is 2. The van der Waals surface area contributed by atoms with Crippen molar-refractivity contribution in [2.75, 3.05) is 31.6 Å². The molecule has 4 N–H and O–H groups in total. The second kappa shape index (κ2) is 9.61. The first kappa shape index (κ1) is 21.6. The van der Waals surface area contributed by atoms with E-state index in [9.17, 15) is 18.8 Å². The maximum atomic E-state index is 14.5. The molecule has 30 heavy (non-hydrogen) atoms. The van der Waals surface area contributed by atoms with E-state index in [-0.39, 0.29) is 37.5 Å². The van der Waals surface area contributed by atoms with Crippen LogP contribution >= 0.6 is 0 Å². The molecule has 0 saturated carbocycles. The van der Waals surface area contributed by atoms with Crippen LogP contribution in [0.3, 0.4) is 0 Å². The van der Waals surface area contributed by atoms with E-state index in [1.165, 1.54) is 33.9 Å². The van der Waals surface area contributed by atoms with E-state index < -0.39 is 29.8 Å². The minimum absolute atomic E-state index is 0.0559. The highest BCUT2D eigenvalue weighted by Gasteiger charge is 2.37. The Labute approximate surface area is 171 Å². The Morgan fingerprint density at radius 2 is 2.10 bits per heavy atom. The number of carbonyl (C=O) groups is 2. The summed E-state index contributed by atoms with van der Waals surface area (Å²) in [7, 11) is 0. The third-order valence-corrected chi connectivity index (χ3v) is 4.59. The number of benzene rings is 1. The lowest BCUT2D eigenvalue weighted by molar-refractivity contribution is -0.123. The van der Waals surface area contributed by atoms with E-state index in [1.54, 1.807) is 18.6 Å². The fourth-order valence-electron chi connectivity index (χ4n) is 3.25. The smallest absolute Gasteiger partial charge is 0.255 e. The predicted octanol–water partition coefficient (Wildman–Crippen LogP) is -0.334. The van der Waals surface area contributed by atoms with Crippen molar-refractivity contribution in [2.24, 2.45) is 5.73 Å². The first-order chi connectivity index (χ1) is 14.4. The summed E-state index contributed by atoms with van der Waals surface area (Å²) in [6, 6.07) is 7.79. The zero-order valence-electron chi connectivity index (χ0n) is 16.0. The highest BCUT2D eigenvalue weighted by Crippen LogP contribution is 2.21. The number of aliphatic hydroxyl groups is 1. The largest absolute Gasteiger partial charge is 0.394 e. The van der Waals surface area contributed by atoms with Crippen LogP contribution in [-0.2, 0) is 14.3 Å². The summed E-state index contributed by atoms with van der Waals surface area (Å²) >= 11 is 0. The molecule has 0 bridgehead atoms. The van der Waals surface area contributed by atoms with Crippen LogP contribution < -0.4 is 16.6 Å². The standard InChI is InChI=1S/C20H22FN4O5/c21-15-9-13(25-6-2-1-3-19(25)28)4-5-16(15)23-18(27)12-24-11-14(30-8-7-26)10-17(24)20(22)29/h1-6,9-10,14,17,26H,7-8,11-12H2,(H2,22,29)(H,23,27)/t14-,17?/m0/s1. The molecule has 1 unspecified atom stereocenters. The third kappa shape index (κ3) is 5.09. The van der Waals surface area contributed by atoms with Gasteiger partial charge in [0.15, 0.2) is 0 Å². The molecule has 2 heterocycles. The van der Waals surface area contributed by atoms with Crippen molar-refractivity contribution in [3.8, 4) is 5.69 Å². The molecule has 1 aromatic carbocycles. The van der Waals surface area contributed by atoms with Crippen molar-refractivity contribution in [1.82, 2.24) is 9.47 Å². The number of aliphatic hydroxyl groups excluding tert-OH is 1. The SMILES string of the molecule is NC(=O)C1[CH][C@H](OCCO)CN1CC(=O)Nc1ccc(-n2ccccc2=O)cc1F. The number of nitrogens with one attached hydrogen (secondary N) is 1. The Morgan fingerprint density at radius 3 is 2.77 bits per heavy atom. The molecule has 9 nitrogen and oxygen atoms in total. The number of nitrogens with two attached hydrogens (primary N) is 1. The number of rotatable bonds is 8. The molecule has 1 saturated heterocycles. The second-order valence-electron chi connectivity index (χ2n) is 6.72. The molecule has 1 aliphatic heterocycles. The van der Waals surface area contributed by atoms with Crippen molar-refractivity contribution in [3.63, 3.8) is 0 Å². The third-order valence-electron chi connectivity index (χ3n) is 4.59. The van der Waals surface area contributed by atoms with Crippen molar-refractivity contribution in [1.29, 1.82) is 0 Å². The molecule has 159 valence electrons. The molecule has 0 aliphatic carbocycles. The topological polar surface area (TPSA) is 127 Å². The van der Waals surface area contributed by atoms with Crippen LogP contribution in [0.4, 0.5) is 10.1 Å². The molecule has 0 spiro atoms. The predicted molar refractivity (Wildman–Crippen MR) is 106 cm³/mol. The van der Waals surface area contributed by atoms with Gasteiger partial charge in [0.25, 0.3) is 5.56 Å². The number of primary amides is 1. The average Bonchev–Trinajstić information content (AvgIpc) is 3.11. The molecule has 2 amide bonds. The summed E-state index contributed by atoms with van der Waals surface area (Å²) in [5.41, 5.74) is 5.33. The maximum absolute atomic E-state index is 14.5. The van der Waals surface area contributed by atoms with Gasteiger partial charge in [-0.25, -0.2) is 4.39 Å². The lowest BCUT2D eigenvalue weighted by Crippen LogP contribution is -2.44. The number of hydrogen-bond donors (Lipinski definition) is 3. The second-order valence-corrected chi connectivity index (χ2v) is 6.72. The minimum Gasteiger partial charge on any atom is -0.394 e. The van der Waals surface area contributed by atoms with E-state index in [0.29, 0.717) is 5.69 Å². The summed E-state index contributed by atoms with van der Waals surface area (Å²) in [5, 5.41) is 11.3. The van der Waals surface area contributed by atoms with Crippen LogP contribution in [0.5, 0.6) is 0 Å². The van der Waals surface area contributed by atoms with Crippen LogP contribution in [0.25, 0.3) is 5.69 Å². The van der Waals surface area contributed by atoms with Gasteiger partial charge in [-0.05, 0) is 18.2 Å². The van der Waals surface area contributed by atoms with Crippen molar-refractivity contribution in [2.45, 2.75) is 12.1 Å². The monoisotopic (exact) mass is 417 g/mol. The van der Waals surface area contributed by atoms with E-state index in [0.717, 1.165) is 6.07 Å². The first-order valence-electron chi connectivity index (χ1n) is 9.27. The van der Waals surface area contributed by atoms with Crippen LogP contribution in [-0.4, -0.2) is 64.8 Å². The Kier molecular flexibility index (Phi) is 6.93. The number of hydrogen-bond acceptors (Lipinski definition) is 6. The summed E-state index contributed by atoms with van der Waals surface area (Å²) in [6.45, 7) is -0.0486. The van der Waals surface area contributed by atoms with Gasteiger partial charge in [0, 0.05) is 31.3 Å². The van der Waals surface area contributed by atoms with Crippen molar-refractivity contribution in [3.05, 3.63) is 65.2 Å². The maximum Gasteiger partial charge on any atom is 0.255 e. The number of aromatic nitrogens is 1. The van der Waals surface area contributed by atoms with Crippen LogP contribution in [0.15, 0.2) is 47.4 Å². The first-order valence-corrected chi connectivity index (χ1v) is 9.27. The molecular formula is C20H22FN4O5. The Balaban J connectivity index is 1.66. The fraction of sp³-hybridized carbons (Fsp3) is 0.300. The Morgan fingerprint density at radius 1 is 1.30 bits per heavy atom. The molecular weight excluding hydrogens is 395 g/mol. The lowest BCUT2D eigenvalue weighted by Gasteiger charge is -2.20. The highest BCUT2D eigenvalue weighted by atomic mass is 19.1. The molecule has 1 aliphatic rings. The number of carbonyl (C=O) groups excluding carboxylic acids is 2. The number of halogens is 1. The van der Waals surface area contributed by atoms with E-state index in [4.69, 9.17) is 15.6 Å². The molecule has 1 fully saturated rings. The molecule has 10 heteroatoms. The minimum atomic E-state index is -0.809. The summed E-state index contributed by atoms with van der Waals surface area (Å²) in [5.74, 6) is -1.89. The molecule has 2 atom stereocenters. The number of pyridine rings is 1. The van der Waals surface area contributed by atoms with E-state index in [1.807, 2.05) is 0 Å². The zero-order valence-corrected chi connectivity index (χ0v) is 16.0. The lowest BCUT2D eigenvalue weighted by atomic mass is 10.2. The normalized spacial score (nSPS) is 19.0. The number of anilines is 1. The zero-order chi connectivity index (χ0) is 21.7. The van der Waals surface area contributed by atoms with Gasteiger partial charge in [0.1, 0.15) is 5.82 Å². The average molecular weight is 417 g/mol. The molecule has 1 radical (unpaired) electrons. The summed E-state index contributed by atoms with van der Waals surface area (Å²) in [6.07, 6.45) is 2.62. The number of likely N-dealkylation sites (tertiary alicyclic amines) is 1. The van der Waals surface area contributed by atoms with Crippen LogP contribution in [0, 0.1) is 12.2 Å². The fourth-order valence-corrected chi connectivity index (χ4v) is 3.25. The molecule has 2 aromatic rings.